The van der Waals surface area contributed by atoms with Crippen molar-refractivity contribution < 1.29 is 0 Å². The third kappa shape index (κ3) is 3.11. The average Bonchev–Trinajstić information content (AvgIpc) is 3.63. The maximum absolute atomic E-state index is 4.97. The molecule has 0 bridgehead atoms. The quantitative estimate of drug-likeness (QED) is 0.249. The van der Waals surface area contributed by atoms with Gasteiger partial charge < -0.3 is 9.97 Å². The summed E-state index contributed by atoms with van der Waals surface area (Å²) < 4.78 is 0. The van der Waals surface area contributed by atoms with Crippen molar-refractivity contribution in [2.24, 2.45) is 0 Å². The minimum atomic E-state index is 0.286. The van der Waals surface area contributed by atoms with Gasteiger partial charge in [-0.2, -0.15) is 0 Å². The maximum atomic E-state index is 4.97. The molecule has 4 aromatic carbocycles. The second-order valence-electron chi connectivity index (χ2n) is 10.4. The minimum absolute atomic E-state index is 0.286. The molecule has 8 aromatic rings. The minimum Gasteiger partial charge on any atom is -0.340 e. The molecule has 8 heteroatoms. The van der Waals surface area contributed by atoms with Gasteiger partial charge in [-0.1, -0.05) is 45.0 Å². The zero-order chi connectivity index (χ0) is 26.2. The zero-order valence-electron chi connectivity index (χ0n) is 21.7. The molecule has 0 amide bonds. The molecule has 188 valence electrons. The molecule has 0 atom stereocenters. The summed E-state index contributed by atoms with van der Waals surface area (Å²) in [5, 5.41) is 6.36. The van der Waals surface area contributed by atoms with Crippen molar-refractivity contribution in [3.05, 3.63) is 73.1 Å². The number of aromatic amines is 2. The van der Waals surface area contributed by atoms with Crippen LogP contribution < -0.4 is 0 Å². The topological polar surface area (TPSA) is 109 Å². The third-order valence-corrected chi connectivity index (χ3v) is 7.72. The highest BCUT2D eigenvalue weighted by Gasteiger charge is 2.18. The molecule has 0 unspecified atom stereocenters. The lowest BCUT2D eigenvalue weighted by molar-refractivity contribution is 0.799. The number of imidazole rings is 2. The van der Waals surface area contributed by atoms with Crippen LogP contribution in [0.25, 0.3) is 76.5 Å². The van der Waals surface area contributed by atoms with Crippen LogP contribution in [0.4, 0.5) is 0 Å². The Bertz CT molecular complexity index is 2260. The summed E-state index contributed by atoms with van der Waals surface area (Å²) in [6, 6.07) is 13.1. The number of aromatic nitrogens is 8. The Hall–Kier alpha value is -4.98. The number of hydrogen-bond donors (Lipinski definition) is 2. The van der Waals surface area contributed by atoms with Crippen molar-refractivity contribution >= 4 is 65.4 Å². The molecular weight excluding hydrogens is 484 g/mol. The van der Waals surface area contributed by atoms with Crippen molar-refractivity contribution in [3.8, 4) is 11.1 Å². The van der Waals surface area contributed by atoms with Gasteiger partial charge in [0, 0.05) is 46.3 Å². The predicted molar refractivity (Wildman–Crippen MR) is 156 cm³/mol. The van der Waals surface area contributed by atoms with Crippen LogP contribution >= 0.6 is 0 Å². The van der Waals surface area contributed by atoms with Crippen molar-refractivity contribution in [2.45, 2.75) is 33.1 Å². The van der Waals surface area contributed by atoms with Crippen LogP contribution in [0.15, 0.2) is 61.4 Å². The maximum Gasteiger partial charge on any atom is 0.116 e. The predicted octanol–water partition coefficient (Wildman–Crippen LogP) is 6.98. The lowest BCUT2D eigenvalue weighted by atomic mass is 9.95. The van der Waals surface area contributed by atoms with Crippen LogP contribution in [-0.2, 0) is 6.42 Å². The Labute approximate surface area is 222 Å². The fourth-order valence-corrected chi connectivity index (χ4v) is 5.75. The molecule has 0 aliphatic rings. The van der Waals surface area contributed by atoms with Crippen LogP contribution in [0.5, 0.6) is 0 Å². The summed E-state index contributed by atoms with van der Waals surface area (Å²) in [6.45, 7) is 6.39. The Morgan fingerprint density at radius 2 is 1.21 bits per heavy atom. The highest BCUT2D eigenvalue weighted by molar-refractivity contribution is 6.24. The largest absolute Gasteiger partial charge is 0.340 e. The van der Waals surface area contributed by atoms with Crippen molar-refractivity contribution in [1.82, 2.24) is 39.9 Å². The summed E-state index contributed by atoms with van der Waals surface area (Å²) in [5.74, 6) is 2.20. The SMILES string of the molecule is CCc1nc2c3ccc(-c4ccc5c(c4)c4cncnc4c4[nH]c(C(C)C)nc54)cc3c3cncnc3c2[nH]1. The van der Waals surface area contributed by atoms with Crippen LogP contribution in [0.1, 0.15) is 38.3 Å². The Morgan fingerprint density at radius 1 is 0.641 bits per heavy atom. The van der Waals surface area contributed by atoms with E-state index in [4.69, 9.17) is 9.97 Å². The second-order valence-corrected chi connectivity index (χ2v) is 10.4. The number of H-pyrrole nitrogens is 2. The number of rotatable bonds is 3. The number of nitrogens with one attached hydrogen (secondary N) is 2. The van der Waals surface area contributed by atoms with E-state index >= 15 is 0 Å². The van der Waals surface area contributed by atoms with Crippen LogP contribution in [0, 0.1) is 0 Å². The first-order chi connectivity index (χ1) is 19.1. The molecule has 4 aromatic heterocycles. The molecule has 0 fully saturated rings. The van der Waals surface area contributed by atoms with Gasteiger partial charge in [-0.25, -0.2) is 29.9 Å². The summed E-state index contributed by atoms with van der Waals surface area (Å²) in [4.78, 5) is 34.8. The van der Waals surface area contributed by atoms with E-state index in [1.807, 2.05) is 12.4 Å². The fraction of sp³-hybridized carbons (Fsp3) is 0.161. The van der Waals surface area contributed by atoms with Gasteiger partial charge in [-0.05, 0) is 34.0 Å². The van der Waals surface area contributed by atoms with Crippen molar-refractivity contribution in [2.75, 3.05) is 0 Å². The second kappa shape index (κ2) is 8.01. The van der Waals surface area contributed by atoms with Gasteiger partial charge in [-0.15, -0.1) is 0 Å². The smallest absolute Gasteiger partial charge is 0.116 e. The van der Waals surface area contributed by atoms with Crippen molar-refractivity contribution in [1.29, 1.82) is 0 Å². The number of benzene rings is 4. The van der Waals surface area contributed by atoms with Crippen LogP contribution in [-0.4, -0.2) is 39.9 Å². The summed E-state index contributed by atoms with van der Waals surface area (Å²) in [6.07, 6.45) is 7.82. The monoisotopic (exact) mass is 508 g/mol. The Morgan fingerprint density at radius 3 is 1.77 bits per heavy atom. The molecule has 0 saturated carbocycles. The zero-order valence-corrected chi connectivity index (χ0v) is 21.7. The number of aryl methyl sites for hydroxylation is 1. The van der Waals surface area contributed by atoms with Gasteiger partial charge in [0.1, 0.15) is 24.3 Å². The molecule has 39 heavy (non-hydrogen) atoms. The normalized spacial score (nSPS) is 12.3. The Balaban J connectivity index is 1.41. The van der Waals surface area contributed by atoms with E-state index in [9.17, 15) is 0 Å². The number of fused-ring (bicyclic) bond motifs is 12. The molecular formula is C31H24N8. The molecule has 0 radical (unpaired) electrons. The van der Waals surface area contributed by atoms with E-state index in [0.717, 1.165) is 94.6 Å². The van der Waals surface area contributed by atoms with E-state index in [0.29, 0.717) is 0 Å². The first-order valence-corrected chi connectivity index (χ1v) is 13.2. The average molecular weight is 509 g/mol. The van der Waals surface area contributed by atoms with Gasteiger partial charge >= 0.3 is 0 Å². The first kappa shape index (κ1) is 22.0. The fourth-order valence-electron chi connectivity index (χ4n) is 5.75. The summed E-state index contributed by atoms with van der Waals surface area (Å²) in [7, 11) is 0. The third-order valence-electron chi connectivity index (χ3n) is 7.72. The standard InChI is InChI=1S/C31H24N8/c1-4-24-36-27-18-7-5-16(9-20(18)22-11-32-13-34-25(22)29(27)37-24)17-6-8-19-21(10-17)23-12-33-14-35-26(23)30-28(19)38-31(39-30)15(2)3/h5-15H,4H2,1-3H3,(H,36,37)(H,38,39). The Kier molecular flexibility index (Phi) is 4.53. The molecule has 0 aliphatic heterocycles. The van der Waals surface area contributed by atoms with Crippen molar-refractivity contribution in [3.63, 3.8) is 0 Å². The highest BCUT2D eigenvalue weighted by atomic mass is 15.0. The molecule has 8 nitrogen and oxygen atoms in total. The number of hydrogen-bond acceptors (Lipinski definition) is 6. The lowest BCUT2D eigenvalue weighted by Gasteiger charge is -2.10. The summed E-state index contributed by atoms with van der Waals surface area (Å²) in [5.41, 5.74) is 7.81. The van der Waals surface area contributed by atoms with Gasteiger partial charge in [0.05, 0.1) is 33.1 Å². The lowest BCUT2D eigenvalue weighted by Crippen LogP contribution is -1.89. The summed E-state index contributed by atoms with van der Waals surface area (Å²) >= 11 is 0. The van der Waals surface area contributed by atoms with Crippen LogP contribution in [0.2, 0.25) is 0 Å². The van der Waals surface area contributed by atoms with E-state index < -0.39 is 0 Å². The highest BCUT2D eigenvalue weighted by Crippen LogP contribution is 2.38. The molecule has 8 rings (SSSR count). The van der Waals surface area contributed by atoms with E-state index in [2.05, 4.69) is 87.1 Å². The molecule has 0 aliphatic carbocycles. The van der Waals surface area contributed by atoms with E-state index in [-0.39, 0.29) is 5.92 Å². The van der Waals surface area contributed by atoms with Gasteiger partial charge in [-0.3, -0.25) is 0 Å². The van der Waals surface area contributed by atoms with Gasteiger partial charge in [0.25, 0.3) is 0 Å². The molecule has 4 heterocycles. The molecule has 0 saturated heterocycles. The first-order valence-electron chi connectivity index (χ1n) is 13.2. The van der Waals surface area contributed by atoms with Crippen LogP contribution in [0.3, 0.4) is 0 Å². The van der Waals surface area contributed by atoms with Gasteiger partial charge in [0.15, 0.2) is 0 Å². The number of nitrogens with zero attached hydrogens (tertiary/aromatic N) is 6. The van der Waals surface area contributed by atoms with E-state index in [1.54, 1.807) is 12.7 Å². The van der Waals surface area contributed by atoms with E-state index in [1.165, 1.54) is 0 Å². The van der Waals surface area contributed by atoms with Gasteiger partial charge in [0.2, 0.25) is 0 Å². The molecule has 2 N–H and O–H groups in total. The molecule has 0 spiro atoms.